The predicted octanol–water partition coefficient (Wildman–Crippen LogP) is 0.529. The summed E-state index contributed by atoms with van der Waals surface area (Å²) >= 11 is 0. The standard InChI is InChI=1S/C10H16N6O3S/c1-4-5-16-6-8(11-7(16)2)20(17,18)15-9-12-10(19-3)14-13-9/h6H,4-5H2,1-3H3,(H2,12,13,14,15). The van der Waals surface area contributed by atoms with Gasteiger partial charge in [0.15, 0.2) is 5.03 Å². The number of sulfonamides is 1. The molecular weight excluding hydrogens is 284 g/mol. The average molecular weight is 300 g/mol. The fourth-order valence-corrected chi connectivity index (χ4v) is 2.61. The molecule has 110 valence electrons. The van der Waals surface area contributed by atoms with E-state index in [-0.39, 0.29) is 17.0 Å². The number of anilines is 1. The third-order valence-corrected chi connectivity index (χ3v) is 3.78. The van der Waals surface area contributed by atoms with E-state index in [0.29, 0.717) is 12.4 Å². The molecule has 0 aliphatic rings. The van der Waals surface area contributed by atoms with Crippen LogP contribution in [0.4, 0.5) is 5.95 Å². The van der Waals surface area contributed by atoms with Gasteiger partial charge in [0, 0.05) is 12.7 Å². The van der Waals surface area contributed by atoms with Crippen LogP contribution in [0.5, 0.6) is 6.01 Å². The molecule has 20 heavy (non-hydrogen) atoms. The van der Waals surface area contributed by atoms with Gasteiger partial charge in [-0.1, -0.05) is 6.92 Å². The number of nitrogens with one attached hydrogen (secondary N) is 2. The highest BCUT2D eigenvalue weighted by atomic mass is 32.2. The van der Waals surface area contributed by atoms with E-state index >= 15 is 0 Å². The van der Waals surface area contributed by atoms with E-state index in [1.165, 1.54) is 13.3 Å². The summed E-state index contributed by atoms with van der Waals surface area (Å²) in [6.45, 7) is 4.48. The SMILES string of the molecule is CCCn1cc(S(=O)(=O)Nc2nc(OC)n[nH]2)nc1C. The van der Waals surface area contributed by atoms with Gasteiger partial charge in [0.25, 0.3) is 10.0 Å². The van der Waals surface area contributed by atoms with Crippen molar-refractivity contribution in [2.75, 3.05) is 11.8 Å². The normalized spacial score (nSPS) is 11.6. The molecule has 0 saturated carbocycles. The molecule has 10 heteroatoms. The number of aryl methyl sites for hydroxylation is 2. The molecule has 2 aromatic heterocycles. The van der Waals surface area contributed by atoms with Crippen LogP contribution in [0.25, 0.3) is 0 Å². The van der Waals surface area contributed by atoms with Crippen LogP contribution in [-0.2, 0) is 16.6 Å². The maximum atomic E-state index is 12.2. The highest BCUT2D eigenvalue weighted by molar-refractivity contribution is 7.92. The summed E-state index contributed by atoms with van der Waals surface area (Å²) in [5, 5.41) is 6.02. The van der Waals surface area contributed by atoms with Gasteiger partial charge in [-0.3, -0.25) is 0 Å². The number of ether oxygens (including phenoxy) is 1. The maximum absolute atomic E-state index is 12.2. The molecule has 0 unspecified atom stereocenters. The minimum absolute atomic E-state index is 0.0236. The highest BCUT2D eigenvalue weighted by Gasteiger charge is 2.21. The molecule has 0 amide bonds. The molecule has 2 aromatic rings. The highest BCUT2D eigenvalue weighted by Crippen LogP contribution is 2.14. The van der Waals surface area contributed by atoms with Crippen LogP contribution < -0.4 is 9.46 Å². The molecule has 9 nitrogen and oxygen atoms in total. The third kappa shape index (κ3) is 2.90. The molecular formula is C10H16N6O3S. The first kappa shape index (κ1) is 14.3. The summed E-state index contributed by atoms with van der Waals surface area (Å²) in [6, 6.07) is 0.0513. The Morgan fingerprint density at radius 1 is 1.45 bits per heavy atom. The molecule has 0 atom stereocenters. The van der Waals surface area contributed by atoms with Gasteiger partial charge in [-0.05, 0) is 13.3 Å². The van der Waals surface area contributed by atoms with Crippen molar-refractivity contribution in [1.29, 1.82) is 0 Å². The lowest BCUT2D eigenvalue weighted by Gasteiger charge is -2.01. The zero-order valence-electron chi connectivity index (χ0n) is 11.4. The largest absolute Gasteiger partial charge is 0.466 e. The Bertz CT molecular complexity index is 690. The number of H-pyrrole nitrogens is 1. The Balaban J connectivity index is 2.23. The van der Waals surface area contributed by atoms with Crippen molar-refractivity contribution < 1.29 is 13.2 Å². The molecule has 0 fully saturated rings. The second-order valence-electron chi connectivity index (χ2n) is 4.10. The predicted molar refractivity (Wildman–Crippen MR) is 71.0 cm³/mol. The van der Waals surface area contributed by atoms with Crippen LogP contribution >= 0.6 is 0 Å². The van der Waals surface area contributed by atoms with Crippen molar-refractivity contribution >= 4 is 16.0 Å². The van der Waals surface area contributed by atoms with Crippen LogP contribution in [0.15, 0.2) is 11.2 Å². The van der Waals surface area contributed by atoms with Gasteiger partial charge >= 0.3 is 6.01 Å². The smallest absolute Gasteiger partial charge is 0.336 e. The van der Waals surface area contributed by atoms with E-state index in [0.717, 1.165) is 6.42 Å². The third-order valence-electron chi connectivity index (χ3n) is 2.57. The first-order valence-electron chi connectivity index (χ1n) is 5.99. The van der Waals surface area contributed by atoms with Gasteiger partial charge in [-0.25, -0.2) is 14.8 Å². The van der Waals surface area contributed by atoms with Crippen LogP contribution in [0.3, 0.4) is 0 Å². The van der Waals surface area contributed by atoms with E-state index in [4.69, 9.17) is 4.74 Å². The topological polar surface area (TPSA) is 115 Å². The lowest BCUT2D eigenvalue weighted by Crippen LogP contribution is -2.14. The van der Waals surface area contributed by atoms with Crippen molar-refractivity contribution in [3.63, 3.8) is 0 Å². The average Bonchev–Trinajstić information content (AvgIpc) is 2.97. The molecule has 0 radical (unpaired) electrons. The summed E-state index contributed by atoms with van der Waals surface area (Å²) in [5.74, 6) is 0.618. The Hall–Kier alpha value is -2.10. The van der Waals surface area contributed by atoms with Gasteiger partial charge in [0.2, 0.25) is 5.95 Å². The van der Waals surface area contributed by atoms with Crippen LogP contribution in [-0.4, -0.2) is 40.3 Å². The van der Waals surface area contributed by atoms with E-state index < -0.39 is 10.0 Å². The van der Waals surface area contributed by atoms with Gasteiger partial charge in [0.1, 0.15) is 5.82 Å². The summed E-state index contributed by atoms with van der Waals surface area (Å²) in [4.78, 5) is 7.83. The number of aromatic nitrogens is 5. The number of aromatic amines is 1. The Labute approximate surface area is 116 Å². The number of nitrogens with zero attached hydrogens (tertiary/aromatic N) is 4. The molecule has 0 saturated heterocycles. The van der Waals surface area contributed by atoms with Gasteiger partial charge in [0.05, 0.1) is 7.11 Å². The van der Waals surface area contributed by atoms with Crippen molar-refractivity contribution in [1.82, 2.24) is 24.7 Å². The minimum Gasteiger partial charge on any atom is -0.466 e. The molecule has 0 aliphatic carbocycles. The molecule has 0 spiro atoms. The van der Waals surface area contributed by atoms with E-state index in [9.17, 15) is 8.42 Å². The second-order valence-corrected chi connectivity index (χ2v) is 5.73. The van der Waals surface area contributed by atoms with E-state index in [1.807, 2.05) is 6.92 Å². The minimum atomic E-state index is -3.80. The summed E-state index contributed by atoms with van der Waals surface area (Å²) in [7, 11) is -2.41. The first-order valence-corrected chi connectivity index (χ1v) is 7.47. The number of methoxy groups -OCH3 is 1. The molecule has 2 heterocycles. The zero-order chi connectivity index (χ0) is 14.8. The summed E-state index contributed by atoms with van der Waals surface area (Å²) in [6.07, 6.45) is 2.39. The van der Waals surface area contributed by atoms with Gasteiger partial charge < -0.3 is 9.30 Å². The monoisotopic (exact) mass is 300 g/mol. The Morgan fingerprint density at radius 2 is 2.20 bits per heavy atom. The van der Waals surface area contributed by atoms with Crippen molar-refractivity contribution in [3.8, 4) is 6.01 Å². The molecule has 2 rings (SSSR count). The molecule has 2 N–H and O–H groups in total. The van der Waals surface area contributed by atoms with Crippen molar-refractivity contribution in [3.05, 3.63) is 12.0 Å². The molecule has 0 bridgehead atoms. The summed E-state index contributed by atoms with van der Waals surface area (Å²) in [5.41, 5.74) is 0. The van der Waals surface area contributed by atoms with E-state index in [2.05, 4.69) is 24.9 Å². The summed E-state index contributed by atoms with van der Waals surface area (Å²) < 4.78 is 33.1. The fourth-order valence-electron chi connectivity index (χ4n) is 1.64. The fraction of sp³-hybridized carbons (Fsp3) is 0.500. The maximum Gasteiger partial charge on any atom is 0.336 e. The van der Waals surface area contributed by atoms with Gasteiger partial charge in [-0.2, -0.15) is 13.4 Å². The van der Waals surface area contributed by atoms with Crippen molar-refractivity contribution in [2.24, 2.45) is 0 Å². The van der Waals surface area contributed by atoms with Crippen LogP contribution in [0.1, 0.15) is 19.2 Å². The van der Waals surface area contributed by atoms with Crippen LogP contribution in [0.2, 0.25) is 0 Å². The number of hydrogen-bond donors (Lipinski definition) is 2. The molecule has 0 aliphatic heterocycles. The lowest BCUT2D eigenvalue weighted by atomic mass is 10.5. The lowest BCUT2D eigenvalue weighted by molar-refractivity contribution is 0.382. The number of rotatable bonds is 6. The van der Waals surface area contributed by atoms with E-state index in [1.54, 1.807) is 11.5 Å². The Morgan fingerprint density at radius 3 is 2.80 bits per heavy atom. The first-order chi connectivity index (χ1) is 9.46. The van der Waals surface area contributed by atoms with Crippen LogP contribution in [0, 0.1) is 6.92 Å². The Kier molecular flexibility index (Phi) is 3.93. The number of imidazole rings is 1. The number of hydrogen-bond acceptors (Lipinski definition) is 6. The zero-order valence-corrected chi connectivity index (χ0v) is 12.2. The quantitative estimate of drug-likeness (QED) is 0.804. The molecule has 0 aromatic carbocycles. The van der Waals surface area contributed by atoms with Crippen molar-refractivity contribution in [2.45, 2.75) is 31.8 Å². The second kappa shape index (κ2) is 5.49. The van der Waals surface area contributed by atoms with Gasteiger partial charge in [-0.15, -0.1) is 5.10 Å².